The quantitative estimate of drug-likeness (QED) is 0.671. The van der Waals surface area contributed by atoms with Crippen LogP contribution in [0.2, 0.25) is 5.15 Å². The summed E-state index contributed by atoms with van der Waals surface area (Å²) in [5.74, 6) is 0. The third kappa shape index (κ3) is 1.62. The summed E-state index contributed by atoms with van der Waals surface area (Å²) in [4.78, 5) is 4.12. The average molecular weight is 255 g/mol. The maximum Gasteiger partial charge on any atom is 0.184 e. The molecule has 0 aliphatic carbocycles. The lowest BCUT2D eigenvalue weighted by atomic mass is 10.3. The van der Waals surface area contributed by atoms with E-state index in [2.05, 4.69) is 10.1 Å². The molecule has 4 nitrogen and oxygen atoms in total. The maximum absolute atomic E-state index is 8.81. The zero-order chi connectivity index (χ0) is 12.5. The molecule has 18 heavy (non-hydrogen) atoms. The summed E-state index contributed by atoms with van der Waals surface area (Å²) in [5.41, 5.74) is 1.67. The molecular weight excluding hydrogens is 248 g/mol. The van der Waals surface area contributed by atoms with Crippen LogP contribution < -0.4 is 0 Å². The Kier molecular flexibility index (Phi) is 2.47. The summed E-state index contributed by atoms with van der Waals surface area (Å²) in [5, 5.41) is 14.4. The van der Waals surface area contributed by atoms with E-state index in [4.69, 9.17) is 16.9 Å². The van der Waals surface area contributed by atoms with Gasteiger partial charge in [-0.3, -0.25) is 0 Å². The fourth-order valence-electron chi connectivity index (χ4n) is 1.74. The summed E-state index contributed by atoms with van der Waals surface area (Å²) in [7, 11) is 0. The smallest absolute Gasteiger partial charge is 0.184 e. The standard InChI is InChI=1S/C13H7ClN4/c14-12-11-7-6-9(8-15)16-13(11)17-18(12)10-4-2-1-3-5-10/h1-7H. The van der Waals surface area contributed by atoms with Crippen LogP contribution in [0.5, 0.6) is 0 Å². The first-order valence-corrected chi connectivity index (χ1v) is 5.68. The molecule has 0 radical (unpaired) electrons. The van der Waals surface area contributed by atoms with Gasteiger partial charge in [0, 0.05) is 0 Å². The van der Waals surface area contributed by atoms with E-state index in [1.54, 1.807) is 16.8 Å². The van der Waals surface area contributed by atoms with E-state index < -0.39 is 0 Å². The van der Waals surface area contributed by atoms with Crippen LogP contribution >= 0.6 is 11.6 Å². The zero-order valence-electron chi connectivity index (χ0n) is 9.21. The first-order valence-electron chi connectivity index (χ1n) is 5.30. The minimum absolute atomic E-state index is 0.330. The number of rotatable bonds is 1. The van der Waals surface area contributed by atoms with Crippen LogP contribution in [0.25, 0.3) is 16.7 Å². The highest BCUT2D eigenvalue weighted by Gasteiger charge is 2.11. The van der Waals surface area contributed by atoms with Gasteiger partial charge in [0.1, 0.15) is 16.9 Å². The van der Waals surface area contributed by atoms with Crippen LogP contribution in [0.3, 0.4) is 0 Å². The molecule has 2 aromatic heterocycles. The Morgan fingerprint density at radius 3 is 2.61 bits per heavy atom. The highest BCUT2D eigenvalue weighted by molar-refractivity contribution is 6.34. The van der Waals surface area contributed by atoms with Crippen LogP contribution in [0.1, 0.15) is 5.69 Å². The first-order chi connectivity index (χ1) is 8.79. The normalized spacial score (nSPS) is 10.4. The van der Waals surface area contributed by atoms with Crippen molar-refractivity contribution in [3.8, 4) is 11.8 Å². The molecule has 0 atom stereocenters. The molecule has 0 unspecified atom stereocenters. The molecule has 0 saturated carbocycles. The van der Waals surface area contributed by atoms with Crippen molar-refractivity contribution in [2.24, 2.45) is 0 Å². The van der Waals surface area contributed by atoms with Crippen molar-refractivity contribution in [3.63, 3.8) is 0 Å². The summed E-state index contributed by atoms with van der Waals surface area (Å²) in [6.45, 7) is 0. The molecule has 1 aromatic carbocycles. The molecule has 2 heterocycles. The lowest BCUT2D eigenvalue weighted by molar-refractivity contribution is 0.890. The van der Waals surface area contributed by atoms with Crippen molar-refractivity contribution in [1.82, 2.24) is 14.8 Å². The molecule has 0 spiro atoms. The maximum atomic E-state index is 8.81. The molecule has 3 rings (SSSR count). The number of fused-ring (bicyclic) bond motifs is 1. The lowest BCUT2D eigenvalue weighted by Crippen LogP contribution is -1.95. The second kappa shape index (κ2) is 4.13. The Morgan fingerprint density at radius 1 is 1.11 bits per heavy atom. The Morgan fingerprint density at radius 2 is 1.89 bits per heavy atom. The second-order valence-electron chi connectivity index (χ2n) is 3.72. The molecule has 0 aliphatic rings. The van der Waals surface area contributed by atoms with Crippen molar-refractivity contribution in [2.75, 3.05) is 0 Å². The Balaban J connectivity index is 2.27. The molecule has 0 amide bonds. The van der Waals surface area contributed by atoms with Gasteiger partial charge in [0.25, 0.3) is 0 Å². The summed E-state index contributed by atoms with van der Waals surface area (Å²) in [6.07, 6.45) is 0. The fourth-order valence-corrected chi connectivity index (χ4v) is 2.02. The van der Waals surface area contributed by atoms with E-state index in [1.165, 1.54) is 0 Å². The van der Waals surface area contributed by atoms with E-state index in [0.29, 0.717) is 16.5 Å². The van der Waals surface area contributed by atoms with Gasteiger partial charge in [0.05, 0.1) is 11.1 Å². The van der Waals surface area contributed by atoms with Crippen LogP contribution in [-0.2, 0) is 0 Å². The Bertz CT molecular complexity index is 756. The van der Waals surface area contributed by atoms with Crippen molar-refractivity contribution in [2.45, 2.75) is 0 Å². The number of pyridine rings is 1. The van der Waals surface area contributed by atoms with Crippen LogP contribution in [0.4, 0.5) is 0 Å². The third-order valence-corrected chi connectivity index (χ3v) is 2.96. The zero-order valence-corrected chi connectivity index (χ0v) is 9.96. The molecule has 5 heteroatoms. The third-order valence-electron chi connectivity index (χ3n) is 2.59. The highest BCUT2D eigenvalue weighted by Crippen LogP contribution is 2.25. The second-order valence-corrected chi connectivity index (χ2v) is 4.08. The fraction of sp³-hybridized carbons (Fsp3) is 0. The largest absolute Gasteiger partial charge is 0.219 e. The number of hydrogen-bond donors (Lipinski definition) is 0. The minimum atomic E-state index is 0.330. The van der Waals surface area contributed by atoms with Crippen molar-refractivity contribution >= 4 is 22.6 Å². The van der Waals surface area contributed by atoms with E-state index in [-0.39, 0.29) is 0 Å². The van der Waals surface area contributed by atoms with Crippen LogP contribution in [0.15, 0.2) is 42.5 Å². The van der Waals surface area contributed by atoms with E-state index in [0.717, 1.165) is 11.1 Å². The number of halogens is 1. The number of para-hydroxylation sites is 1. The Hall–Kier alpha value is -2.38. The van der Waals surface area contributed by atoms with Gasteiger partial charge in [0.15, 0.2) is 5.65 Å². The van der Waals surface area contributed by atoms with Gasteiger partial charge in [-0.05, 0) is 24.3 Å². The number of aromatic nitrogens is 3. The predicted molar refractivity (Wildman–Crippen MR) is 68.6 cm³/mol. The first kappa shape index (κ1) is 10.8. The summed E-state index contributed by atoms with van der Waals surface area (Å²) in [6, 6.07) is 14.9. The van der Waals surface area contributed by atoms with Crippen LogP contribution in [-0.4, -0.2) is 14.8 Å². The van der Waals surface area contributed by atoms with Gasteiger partial charge in [0.2, 0.25) is 0 Å². The molecular formula is C13H7ClN4. The molecule has 0 aliphatic heterocycles. The SMILES string of the molecule is N#Cc1ccc2c(Cl)n(-c3ccccc3)nc2n1. The Labute approximate surface area is 108 Å². The van der Waals surface area contributed by atoms with Crippen molar-refractivity contribution < 1.29 is 0 Å². The van der Waals surface area contributed by atoms with Gasteiger partial charge < -0.3 is 0 Å². The van der Waals surface area contributed by atoms with Gasteiger partial charge in [-0.15, -0.1) is 5.10 Å². The van der Waals surface area contributed by atoms with Gasteiger partial charge in [-0.25, -0.2) is 9.67 Å². The molecule has 3 aromatic rings. The minimum Gasteiger partial charge on any atom is -0.219 e. The number of hydrogen-bond acceptors (Lipinski definition) is 3. The number of nitrogens with zero attached hydrogens (tertiary/aromatic N) is 4. The average Bonchev–Trinajstić information content (AvgIpc) is 2.76. The monoisotopic (exact) mass is 254 g/mol. The van der Waals surface area contributed by atoms with Gasteiger partial charge >= 0.3 is 0 Å². The molecule has 0 bridgehead atoms. The van der Waals surface area contributed by atoms with Gasteiger partial charge in [-0.2, -0.15) is 5.26 Å². The number of nitriles is 1. The lowest BCUT2D eigenvalue weighted by Gasteiger charge is -2.00. The van der Waals surface area contributed by atoms with E-state index in [1.807, 2.05) is 36.4 Å². The molecule has 0 N–H and O–H groups in total. The van der Waals surface area contributed by atoms with E-state index in [9.17, 15) is 0 Å². The highest BCUT2D eigenvalue weighted by atomic mass is 35.5. The summed E-state index contributed by atoms with van der Waals surface area (Å²) < 4.78 is 1.61. The molecule has 86 valence electrons. The predicted octanol–water partition coefficient (Wildman–Crippen LogP) is 2.95. The van der Waals surface area contributed by atoms with Crippen molar-refractivity contribution in [3.05, 3.63) is 53.3 Å². The number of benzene rings is 1. The topological polar surface area (TPSA) is 54.5 Å². The molecule has 0 saturated heterocycles. The molecule has 0 fully saturated rings. The summed E-state index contributed by atoms with van der Waals surface area (Å²) >= 11 is 6.26. The van der Waals surface area contributed by atoms with Crippen LogP contribution in [0, 0.1) is 11.3 Å². The van der Waals surface area contributed by atoms with Gasteiger partial charge in [-0.1, -0.05) is 29.8 Å². The van der Waals surface area contributed by atoms with E-state index >= 15 is 0 Å². The van der Waals surface area contributed by atoms with Crippen molar-refractivity contribution in [1.29, 1.82) is 5.26 Å².